The Morgan fingerprint density at radius 1 is 0.455 bits per heavy atom. The minimum absolute atomic E-state index is 0.0819. The van der Waals surface area contributed by atoms with Gasteiger partial charge in [-0.15, -0.1) is 0 Å². The lowest BCUT2D eigenvalue weighted by Crippen LogP contribution is -2.00. The lowest BCUT2D eigenvalue weighted by molar-refractivity contribution is 0.455. The van der Waals surface area contributed by atoms with Gasteiger partial charge < -0.3 is 4.74 Å². The third-order valence-electron chi connectivity index (χ3n) is 2.77. The number of rotatable bonds is 0. The Morgan fingerprint density at radius 2 is 0.773 bits per heavy atom. The number of hydrogen-bond donors (Lipinski definition) is 0. The van der Waals surface area contributed by atoms with Crippen LogP contribution in [0.2, 0.25) is 40.2 Å². The second-order valence-corrected chi connectivity index (χ2v) is 8.08. The second kappa shape index (κ2) is 6.33. The summed E-state index contributed by atoms with van der Waals surface area (Å²) in [5, 5.41) is 1.02. The normalized spacial score (nSPS) is 12.7. The van der Waals surface area contributed by atoms with Crippen LogP contribution in [0.3, 0.4) is 0 Å². The molecule has 0 spiro atoms. The molecule has 0 fully saturated rings. The molecule has 116 valence electrons. The lowest BCUT2D eigenvalue weighted by atomic mass is 10.3. The van der Waals surface area contributed by atoms with Crippen LogP contribution < -0.4 is 4.74 Å². The van der Waals surface area contributed by atoms with Gasteiger partial charge in [0.25, 0.3) is 0 Å². The van der Waals surface area contributed by atoms with Crippen LogP contribution in [0.25, 0.3) is 0 Å². The van der Waals surface area contributed by atoms with E-state index in [1.165, 1.54) is 11.8 Å². The quantitative estimate of drug-likeness (QED) is 0.237. The van der Waals surface area contributed by atoms with Crippen LogP contribution in [0.4, 0.5) is 0 Å². The highest BCUT2D eigenvalue weighted by Gasteiger charge is 2.32. The molecule has 22 heavy (non-hydrogen) atoms. The van der Waals surface area contributed by atoms with Gasteiger partial charge in [0.2, 0.25) is 0 Å². The van der Waals surface area contributed by atoms with Crippen LogP contribution in [0.1, 0.15) is 0 Å². The lowest BCUT2D eigenvalue weighted by Gasteiger charge is -2.25. The third-order valence-corrected chi connectivity index (χ3v) is 7.76. The number of hydrogen-bond acceptors (Lipinski definition) is 2. The standard InChI is InChI=1S/C12Cl8OS/c13-1-3(15)7(19)11-9(5(1)17)21-10-6(18)2(14)4(16)8(20)12(10)22-11. The molecule has 3 rings (SSSR count). The number of fused-ring (bicyclic) bond motifs is 2. The zero-order chi connectivity index (χ0) is 16.3. The van der Waals surface area contributed by atoms with E-state index in [4.69, 9.17) is 97.5 Å². The Balaban J connectivity index is 2.32. The van der Waals surface area contributed by atoms with Gasteiger partial charge in [0.05, 0.1) is 39.9 Å². The average Bonchev–Trinajstić information content (AvgIpc) is 2.52. The summed E-state index contributed by atoms with van der Waals surface area (Å²) >= 11 is 50.1. The molecule has 0 atom stereocenters. The predicted octanol–water partition coefficient (Wildman–Crippen LogP) is 9.17. The van der Waals surface area contributed by atoms with Crippen LogP contribution in [0, 0.1) is 0 Å². The van der Waals surface area contributed by atoms with Gasteiger partial charge in [0, 0.05) is 0 Å². The van der Waals surface area contributed by atoms with E-state index in [1.54, 1.807) is 0 Å². The Hall–Kier alpha value is 0.910. The van der Waals surface area contributed by atoms with Gasteiger partial charge in [-0.25, -0.2) is 0 Å². The minimum atomic E-state index is 0.0819. The maximum Gasteiger partial charge on any atom is 0.163 e. The van der Waals surface area contributed by atoms with E-state index in [0.29, 0.717) is 9.79 Å². The van der Waals surface area contributed by atoms with Crippen LogP contribution in [-0.2, 0) is 0 Å². The molecular weight excluding hydrogens is 476 g/mol. The van der Waals surface area contributed by atoms with Gasteiger partial charge >= 0.3 is 0 Å². The summed E-state index contributed by atoms with van der Waals surface area (Å²) in [5.41, 5.74) is 0. The molecule has 1 heterocycles. The van der Waals surface area contributed by atoms with Crippen molar-refractivity contribution in [2.24, 2.45) is 0 Å². The molecule has 10 heteroatoms. The molecule has 0 saturated carbocycles. The molecule has 0 aromatic heterocycles. The summed E-state index contributed by atoms with van der Waals surface area (Å²) in [6, 6.07) is 0. The van der Waals surface area contributed by atoms with E-state index < -0.39 is 0 Å². The topological polar surface area (TPSA) is 9.23 Å². The van der Waals surface area contributed by atoms with Crippen molar-refractivity contribution >= 4 is 105 Å². The molecule has 1 nitrogen and oxygen atoms in total. The fraction of sp³-hybridized carbons (Fsp3) is 0. The first-order valence-electron chi connectivity index (χ1n) is 5.33. The van der Waals surface area contributed by atoms with Crippen molar-refractivity contribution in [3.05, 3.63) is 40.2 Å². The van der Waals surface area contributed by atoms with Crippen LogP contribution in [0.15, 0.2) is 9.79 Å². The van der Waals surface area contributed by atoms with Crippen LogP contribution >= 0.6 is 105 Å². The molecule has 0 unspecified atom stereocenters. The van der Waals surface area contributed by atoms with E-state index in [9.17, 15) is 0 Å². The summed E-state index contributed by atoms with van der Waals surface area (Å²) in [6.45, 7) is 0. The number of halogens is 8. The van der Waals surface area contributed by atoms with Gasteiger partial charge in [0.15, 0.2) is 11.5 Å². The monoisotopic (exact) mass is 472 g/mol. The highest BCUT2D eigenvalue weighted by Crippen LogP contribution is 2.61. The van der Waals surface area contributed by atoms with Crippen molar-refractivity contribution in [1.29, 1.82) is 0 Å². The average molecular weight is 476 g/mol. The molecule has 0 N–H and O–H groups in total. The number of benzene rings is 2. The first kappa shape index (κ1) is 17.7. The molecule has 1 aliphatic rings. The summed E-state index contributed by atoms with van der Waals surface area (Å²) in [7, 11) is 0. The summed E-state index contributed by atoms with van der Waals surface area (Å²) < 4.78 is 5.73. The van der Waals surface area contributed by atoms with Crippen molar-refractivity contribution in [2.45, 2.75) is 9.79 Å². The summed E-state index contributed by atoms with van der Waals surface area (Å²) in [4.78, 5) is 0.926. The molecular formula is C12Cl8OS. The molecule has 2 aromatic carbocycles. The van der Waals surface area contributed by atoms with Gasteiger partial charge in [0.1, 0.15) is 10.0 Å². The van der Waals surface area contributed by atoms with Gasteiger partial charge in [-0.1, -0.05) is 105 Å². The highest BCUT2D eigenvalue weighted by atomic mass is 35.5. The van der Waals surface area contributed by atoms with E-state index >= 15 is 0 Å². The molecule has 0 radical (unpaired) electrons. The largest absolute Gasteiger partial charge is 0.452 e. The first-order valence-corrected chi connectivity index (χ1v) is 9.17. The molecule has 2 aromatic rings. The number of ether oxygens (including phenoxy) is 1. The van der Waals surface area contributed by atoms with E-state index in [1.807, 2.05) is 0 Å². The molecule has 0 bridgehead atoms. The van der Waals surface area contributed by atoms with Crippen molar-refractivity contribution in [1.82, 2.24) is 0 Å². The van der Waals surface area contributed by atoms with E-state index in [2.05, 4.69) is 0 Å². The van der Waals surface area contributed by atoms with Crippen molar-refractivity contribution in [3.8, 4) is 11.5 Å². The molecule has 0 aliphatic carbocycles. The van der Waals surface area contributed by atoms with Gasteiger partial charge in [-0.05, 0) is 0 Å². The van der Waals surface area contributed by atoms with Crippen LogP contribution in [0.5, 0.6) is 11.5 Å². The Labute approximate surface area is 169 Å². The van der Waals surface area contributed by atoms with Crippen LogP contribution in [-0.4, -0.2) is 0 Å². The first-order chi connectivity index (χ1) is 10.3. The van der Waals surface area contributed by atoms with Crippen molar-refractivity contribution in [2.75, 3.05) is 0 Å². The Morgan fingerprint density at radius 3 is 1.14 bits per heavy atom. The highest BCUT2D eigenvalue weighted by molar-refractivity contribution is 7.99. The maximum atomic E-state index is 6.21. The summed E-state index contributed by atoms with van der Waals surface area (Å²) in [5.74, 6) is 0.463. The smallest absolute Gasteiger partial charge is 0.163 e. The minimum Gasteiger partial charge on any atom is -0.452 e. The van der Waals surface area contributed by atoms with Gasteiger partial charge in [-0.3, -0.25) is 0 Å². The molecule has 1 aliphatic heterocycles. The Kier molecular flexibility index (Phi) is 5.10. The van der Waals surface area contributed by atoms with Crippen molar-refractivity contribution in [3.63, 3.8) is 0 Å². The molecule has 0 saturated heterocycles. The molecule has 0 amide bonds. The SMILES string of the molecule is Clc1c(Cl)c(Cl)c2c(c1Cl)Oc1c(Cl)c(Cl)c(Cl)c(Cl)c1S2. The zero-order valence-electron chi connectivity index (χ0n) is 9.84. The fourth-order valence-corrected chi connectivity index (χ4v) is 5.02. The summed E-state index contributed by atoms with van der Waals surface area (Å²) in [6.07, 6.45) is 0. The van der Waals surface area contributed by atoms with E-state index in [-0.39, 0.29) is 51.7 Å². The van der Waals surface area contributed by atoms with Gasteiger partial charge in [-0.2, -0.15) is 0 Å². The fourth-order valence-electron chi connectivity index (χ4n) is 1.75. The zero-order valence-corrected chi connectivity index (χ0v) is 16.7. The predicted molar refractivity (Wildman–Crippen MR) is 97.2 cm³/mol. The van der Waals surface area contributed by atoms with Crippen molar-refractivity contribution < 1.29 is 4.74 Å². The third kappa shape index (κ3) is 2.56. The Bertz CT molecular complexity index is 700. The maximum absolute atomic E-state index is 6.21. The second-order valence-electron chi connectivity index (χ2n) is 4.03. The van der Waals surface area contributed by atoms with E-state index in [0.717, 1.165) is 0 Å².